The van der Waals surface area contributed by atoms with Gasteiger partial charge in [-0.3, -0.25) is 14.4 Å². The maximum absolute atomic E-state index is 11.6. The number of ether oxygens (including phenoxy) is 2. The largest absolute Gasteiger partial charge is 0.462 e. The fourth-order valence-electron chi connectivity index (χ4n) is 3.73. The number of pyridine rings is 1. The van der Waals surface area contributed by atoms with Crippen molar-refractivity contribution in [3.8, 4) is 5.88 Å². The molecule has 0 radical (unpaired) electrons. The second-order valence-electron chi connectivity index (χ2n) is 6.81. The Balaban J connectivity index is 2.44. The first-order valence-electron chi connectivity index (χ1n) is 8.87. The molecule has 2 rings (SSSR count). The Morgan fingerprint density at radius 1 is 1.19 bits per heavy atom. The van der Waals surface area contributed by atoms with Crippen LogP contribution in [0.2, 0.25) is 0 Å². The number of carbonyl (C=O) groups excluding carboxylic acids is 3. The van der Waals surface area contributed by atoms with Crippen molar-refractivity contribution in [2.75, 3.05) is 5.32 Å². The average molecular weight is 362 g/mol. The zero-order valence-electron chi connectivity index (χ0n) is 15.9. The number of esters is 2. The first-order chi connectivity index (χ1) is 12.2. The first kappa shape index (κ1) is 19.9. The smallest absolute Gasteiger partial charge is 0.309 e. The van der Waals surface area contributed by atoms with Crippen LogP contribution in [0, 0.1) is 11.8 Å². The van der Waals surface area contributed by atoms with Gasteiger partial charge in [-0.15, -0.1) is 0 Å². The number of hydrogen-bond donors (Lipinski definition) is 1. The molecule has 1 aromatic rings. The molecule has 0 bridgehead atoms. The second-order valence-corrected chi connectivity index (χ2v) is 6.81. The molecule has 4 atom stereocenters. The van der Waals surface area contributed by atoms with Crippen LogP contribution in [0.15, 0.2) is 12.1 Å². The normalized spacial score (nSPS) is 24.8. The highest BCUT2D eigenvalue weighted by molar-refractivity contribution is 5.87. The molecule has 1 N–H and O–H groups in total. The van der Waals surface area contributed by atoms with Gasteiger partial charge in [0.1, 0.15) is 11.9 Å². The van der Waals surface area contributed by atoms with Crippen molar-refractivity contribution in [2.45, 2.75) is 59.5 Å². The lowest BCUT2D eigenvalue weighted by Crippen LogP contribution is -2.26. The summed E-state index contributed by atoms with van der Waals surface area (Å²) in [7, 11) is 0. The van der Waals surface area contributed by atoms with Gasteiger partial charge in [-0.25, -0.2) is 0 Å². The fourth-order valence-corrected chi connectivity index (χ4v) is 3.73. The van der Waals surface area contributed by atoms with Gasteiger partial charge in [-0.2, -0.15) is 4.98 Å². The minimum absolute atomic E-state index is 0.118. The highest BCUT2D eigenvalue weighted by Gasteiger charge is 2.44. The molecule has 0 spiro atoms. The Labute approximate surface area is 153 Å². The first-order valence-corrected chi connectivity index (χ1v) is 8.87. The molecule has 1 amide bonds. The lowest BCUT2D eigenvalue weighted by Gasteiger charge is -2.24. The summed E-state index contributed by atoms with van der Waals surface area (Å²) in [5, 5.41) is 2.58. The molecule has 142 valence electrons. The third kappa shape index (κ3) is 4.59. The third-order valence-electron chi connectivity index (χ3n) is 4.88. The summed E-state index contributed by atoms with van der Waals surface area (Å²) in [5.41, 5.74) is 0.711. The quantitative estimate of drug-likeness (QED) is 0.809. The van der Waals surface area contributed by atoms with Crippen LogP contribution in [0.5, 0.6) is 5.88 Å². The number of amides is 1. The van der Waals surface area contributed by atoms with E-state index in [4.69, 9.17) is 9.47 Å². The van der Waals surface area contributed by atoms with E-state index < -0.39 is 5.97 Å². The summed E-state index contributed by atoms with van der Waals surface area (Å²) in [6.07, 6.45) is 1.47. The SMILES string of the molecule is CC[C@H]1C[C@@H](c2ccc(NC(C)=O)nc2OC(C)=O)[C@H](OC(C)=O)[C@@H]1C. The lowest BCUT2D eigenvalue weighted by molar-refractivity contribution is -0.149. The molecule has 7 nitrogen and oxygen atoms in total. The number of hydrogen-bond acceptors (Lipinski definition) is 6. The molecule has 0 unspecified atom stereocenters. The predicted molar refractivity (Wildman–Crippen MR) is 95.7 cm³/mol. The van der Waals surface area contributed by atoms with E-state index >= 15 is 0 Å². The molecule has 1 heterocycles. The van der Waals surface area contributed by atoms with Crippen LogP contribution < -0.4 is 10.1 Å². The van der Waals surface area contributed by atoms with Crippen molar-refractivity contribution in [1.82, 2.24) is 4.98 Å². The van der Waals surface area contributed by atoms with Gasteiger partial charge < -0.3 is 14.8 Å². The predicted octanol–water partition coefficient (Wildman–Crippen LogP) is 3.05. The fraction of sp³-hybridized carbons (Fsp3) is 0.579. The summed E-state index contributed by atoms with van der Waals surface area (Å²) < 4.78 is 10.9. The lowest BCUT2D eigenvalue weighted by atomic mass is 9.94. The van der Waals surface area contributed by atoms with E-state index in [0.717, 1.165) is 12.8 Å². The summed E-state index contributed by atoms with van der Waals surface area (Å²) in [5.74, 6) is -0.182. The highest BCUT2D eigenvalue weighted by Crippen LogP contribution is 2.47. The van der Waals surface area contributed by atoms with E-state index in [0.29, 0.717) is 17.3 Å². The molecule has 1 saturated carbocycles. The molecule has 1 fully saturated rings. The van der Waals surface area contributed by atoms with Crippen molar-refractivity contribution in [3.05, 3.63) is 17.7 Å². The van der Waals surface area contributed by atoms with Gasteiger partial charge in [0.2, 0.25) is 11.8 Å². The number of aromatic nitrogens is 1. The zero-order chi connectivity index (χ0) is 19.4. The van der Waals surface area contributed by atoms with Crippen molar-refractivity contribution in [3.63, 3.8) is 0 Å². The minimum atomic E-state index is -0.499. The third-order valence-corrected chi connectivity index (χ3v) is 4.88. The van der Waals surface area contributed by atoms with E-state index in [1.165, 1.54) is 20.8 Å². The van der Waals surface area contributed by atoms with Crippen LogP contribution in [0.4, 0.5) is 5.82 Å². The van der Waals surface area contributed by atoms with Crippen LogP contribution in [-0.2, 0) is 19.1 Å². The van der Waals surface area contributed by atoms with Crippen LogP contribution in [0.1, 0.15) is 58.9 Å². The van der Waals surface area contributed by atoms with Gasteiger partial charge in [0.25, 0.3) is 0 Å². The van der Waals surface area contributed by atoms with Crippen LogP contribution in [0.3, 0.4) is 0 Å². The summed E-state index contributed by atoms with van der Waals surface area (Å²) >= 11 is 0. The summed E-state index contributed by atoms with van der Waals surface area (Å²) in [6.45, 7) is 8.26. The van der Waals surface area contributed by atoms with Crippen LogP contribution in [0.25, 0.3) is 0 Å². The number of rotatable bonds is 5. The standard InChI is InChI=1S/C19H26N2O5/c1-6-14-9-16(18(10(14)2)25-12(4)23)15-7-8-17(20-11(3)22)21-19(15)26-13(5)24/h7-8,10,14,16,18H,6,9H2,1-5H3,(H,20,21,22)/t10-,14+,16+,18-/m1/s1. The van der Waals surface area contributed by atoms with Crippen molar-refractivity contribution >= 4 is 23.7 Å². The maximum Gasteiger partial charge on any atom is 0.309 e. The Morgan fingerprint density at radius 3 is 2.42 bits per heavy atom. The summed E-state index contributed by atoms with van der Waals surface area (Å²) in [4.78, 5) is 38.6. The van der Waals surface area contributed by atoms with E-state index in [9.17, 15) is 14.4 Å². The van der Waals surface area contributed by atoms with Gasteiger partial charge >= 0.3 is 11.9 Å². The number of nitrogens with zero attached hydrogens (tertiary/aromatic N) is 1. The van der Waals surface area contributed by atoms with Crippen molar-refractivity contribution in [1.29, 1.82) is 0 Å². The Bertz CT molecular complexity index is 703. The molecule has 1 aliphatic carbocycles. The number of carbonyl (C=O) groups is 3. The zero-order valence-corrected chi connectivity index (χ0v) is 15.9. The minimum Gasteiger partial charge on any atom is -0.462 e. The summed E-state index contributed by atoms with van der Waals surface area (Å²) in [6, 6.07) is 3.45. The van der Waals surface area contributed by atoms with Crippen LogP contribution in [-0.4, -0.2) is 28.9 Å². The average Bonchev–Trinajstić information content (AvgIpc) is 2.82. The molecule has 26 heavy (non-hydrogen) atoms. The molecule has 1 aliphatic rings. The van der Waals surface area contributed by atoms with Crippen molar-refractivity contribution < 1.29 is 23.9 Å². The van der Waals surface area contributed by atoms with E-state index in [-0.39, 0.29) is 35.7 Å². The molecule has 0 aromatic carbocycles. The van der Waals surface area contributed by atoms with E-state index in [1.54, 1.807) is 12.1 Å². The van der Waals surface area contributed by atoms with Gasteiger partial charge in [-0.1, -0.05) is 20.3 Å². The number of anilines is 1. The van der Waals surface area contributed by atoms with Gasteiger partial charge in [0, 0.05) is 32.3 Å². The van der Waals surface area contributed by atoms with Gasteiger partial charge in [-0.05, 0) is 30.4 Å². The second kappa shape index (κ2) is 8.29. The number of nitrogens with one attached hydrogen (secondary N) is 1. The Hall–Kier alpha value is -2.44. The van der Waals surface area contributed by atoms with Crippen LogP contribution >= 0.6 is 0 Å². The highest BCUT2D eigenvalue weighted by atomic mass is 16.5. The molecule has 0 aliphatic heterocycles. The van der Waals surface area contributed by atoms with E-state index in [1.807, 2.05) is 0 Å². The Kier molecular flexibility index (Phi) is 6.34. The van der Waals surface area contributed by atoms with Crippen molar-refractivity contribution in [2.24, 2.45) is 11.8 Å². The van der Waals surface area contributed by atoms with E-state index in [2.05, 4.69) is 24.1 Å². The Morgan fingerprint density at radius 2 is 1.88 bits per heavy atom. The molecule has 0 saturated heterocycles. The molecular formula is C19H26N2O5. The molecule has 7 heteroatoms. The maximum atomic E-state index is 11.6. The molecule has 1 aromatic heterocycles. The van der Waals surface area contributed by atoms with Gasteiger partial charge in [0.15, 0.2) is 0 Å². The monoisotopic (exact) mass is 362 g/mol. The topological polar surface area (TPSA) is 94.6 Å². The molecular weight excluding hydrogens is 336 g/mol. The van der Waals surface area contributed by atoms with Gasteiger partial charge in [0.05, 0.1) is 0 Å².